The van der Waals surface area contributed by atoms with Crippen LogP contribution in [0.1, 0.15) is 26.2 Å². The second kappa shape index (κ2) is 2.86. The van der Waals surface area contributed by atoms with Gasteiger partial charge in [-0.3, -0.25) is 0 Å². The molecule has 0 atom stereocenters. The molecule has 56 valence electrons. The molecule has 0 aliphatic heterocycles. The van der Waals surface area contributed by atoms with Gasteiger partial charge in [-0.05, 0) is 19.3 Å². The van der Waals surface area contributed by atoms with Gasteiger partial charge in [0.25, 0.3) is 0 Å². The van der Waals surface area contributed by atoms with E-state index in [9.17, 15) is 5.11 Å². The smallest absolute Gasteiger partial charge is 0.0674 e. The van der Waals surface area contributed by atoms with Crippen molar-refractivity contribution >= 4 is 12.4 Å². The minimum absolute atomic E-state index is 0. The molecular formula is C6H14ClNO. The predicted molar refractivity (Wildman–Crippen MR) is 39.7 cm³/mol. The molecule has 3 N–H and O–H groups in total. The van der Waals surface area contributed by atoms with Gasteiger partial charge in [-0.15, -0.1) is 12.4 Å². The summed E-state index contributed by atoms with van der Waals surface area (Å²) in [6.45, 7) is 1.99. The number of aliphatic hydroxyl groups is 1. The molecule has 3 heteroatoms. The van der Waals surface area contributed by atoms with Gasteiger partial charge < -0.3 is 10.8 Å². The summed E-state index contributed by atoms with van der Waals surface area (Å²) in [6.07, 6.45) is 2.44. The van der Waals surface area contributed by atoms with Crippen LogP contribution in [0.15, 0.2) is 0 Å². The largest absolute Gasteiger partial charge is 0.390 e. The fraction of sp³-hybridized carbons (Fsp3) is 1.00. The van der Waals surface area contributed by atoms with Gasteiger partial charge in [0.2, 0.25) is 0 Å². The summed E-state index contributed by atoms with van der Waals surface area (Å²) in [5, 5.41) is 9.31. The molecule has 0 saturated heterocycles. The SMILES string of the molecule is CCC1(O)CC(N)C1.Cl. The highest BCUT2D eigenvalue weighted by Crippen LogP contribution is 2.33. The molecule has 1 rings (SSSR count). The summed E-state index contributed by atoms with van der Waals surface area (Å²) in [6, 6.07) is 0.264. The van der Waals surface area contributed by atoms with E-state index in [1.807, 2.05) is 6.92 Å². The number of nitrogens with two attached hydrogens (primary N) is 1. The maximum atomic E-state index is 9.31. The van der Waals surface area contributed by atoms with Crippen LogP contribution < -0.4 is 5.73 Å². The van der Waals surface area contributed by atoms with Crippen molar-refractivity contribution in [3.63, 3.8) is 0 Å². The van der Waals surface area contributed by atoms with Crippen molar-refractivity contribution in [3.05, 3.63) is 0 Å². The highest BCUT2D eigenvalue weighted by Gasteiger charge is 2.38. The molecule has 9 heavy (non-hydrogen) atoms. The summed E-state index contributed by atoms with van der Waals surface area (Å²) in [5.74, 6) is 0. The quantitative estimate of drug-likeness (QED) is 0.579. The standard InChI is InChI=1S/C6H13NO.ClH/c1-2-6(8)3-5(7)4-6;/h5,8H,2-4,7H2,1H3;1H. The zero-order valence-electron chi connectivity index (χ0n) is 5.63. The molecule has 0 unspecified atom stereocenters. The van der Waals surface area contributed by atoms with Gasteiger partial charge in [0.1, 0.15) is 0 Å². The minimum Gasteiger partial charge on any atom is -0.390 e. The van der Waals surface area contributed by atoms with E-state index in [0.717, 1.165) is 19.3 Å². The van der Waals surface area contributed by atoms with Gasteiger partial charge in [-0.1, -0.05) is 6.92 Å². The van der Waals surface area contributed by atoms with Crippen molar-refractivity contribution in [3.8, 4) is 0 Å². The maximum Gasteiger partial charge on any atom is 0.0674 e. The van der Waals surface area contributed by atoms with Gasteiger partial charge >= 0.3 is 0 Å². The number of rotatable bonds is 1. The Hall–Kier alpha value is 0.210. The first-order valence-electron chi connectivity index (χ1n) is 3.14. The molecule has 0 spiro atoms. The monoisotopic (exact) mass is 151 g/mol. The second-order valence-corrected chi connectivity index (χ2v) is 2.75. The minimum atomic E-state index is -0.389. The fourth-order valence-electron chi connectivity index (χ4n) is 1.20. The highest BCUT2D eigenvalue weighted by molar-refractivity contribution is 5.85. The Morgan fingerprint density at radius 1 is 1.67 bits per heavy atom. The van der Waals surface area contributed by atoms with E-state index >= 15 is 0 Å². The zero-order valence-corrected chi connectivity index (χ0v) is 6.45. The number of hydrogen-bond donors (Lipinski definition) is 2. The van der Waals surface area contributed by atoms with Crippen molar-refractivity contribution in [2.24, 2.45) is 5.73 Å². The highest BCUT2D eigenvalue weighted by atomic mass is 35.5. The summed E-state index contributed by atoms with van der Waals surface area (Å²) < 4.78 is 0. The average molecular weight is 152 g/mol. The Balaban J connectivity index is 0.000000640. The Morgan fingerprint density at radius 3 is 2.22 bits per heavy atom. The summed E-state index contributed by atoms with van der Waals surface area (Å²) in [7, 11) is 0. The molecule has 2 nitrogen and oxygen atoms in total. The van der Waals surface area contributed by atoms with Crippen LogP contribution >= 0.6 is 12.4 Å². The Morgan fingerprint density at radius 2 is 2.11 bits per heavy atom. The molecular weight excluding hydrogens is 138 g/mol. The van der Waals surface area contributed by atoms with Crippen molar-refractivity contribution in [1.82, 2.24) is 0 Å². The van der Waals surface area contributed by atoms with Gasteiger partial charge in [-0.25, -0.2) is 0 Å². The van der Waals surface area contributed by atoms with Gasteiger partial charge in [0.15, 0.2) is 0 Å². The molecule has 0 aromatic carbocycles. The summed E-state index contributed by atoms with van der Waals surface area (Å²) >= 11 is 0. The first-order chi connectivity index (χ1) is 3.66. The molecule has 1 aliphatic rings. The third kappa shape index (κ3) is 1.81. The van der Waals surface area contributed by atoms with Crippen LogP contribution in [0.3, 0.4) is 0 Å². The second-order valence-electron chi connectivity index (χ2n) is 2.75. The van der Waals surface area contributed by atoms with E-state index in [1.165, 1.54) is 0 Å². The Bertz CT molecular complexity index is 91.1. The normalized spacial score (nSPS) is 41.0. The topological polar surface area (TPSA) is 46.2 Å². The average Bonchev–Trinajstić information content (AvgIpc) is 1.63. The molecule has 1 fully saturated rings. The Kier molecular flexibility index (Phi) is 2.93. The zero-order chi connectivity index (χ0) is 6.20. The lowest BCUT2D eigenvalue weighted by Gasteiger charge is -2.40. The predicted octanol–water partition coefficient (Wildman–Crippen LogP) is 0.670. The first-order valence-corrected chi connectivity index (χ1v) is 3.14. The molecule has 1 aliphatic carbocycles. The third-order valence-electron chi connectivity index (χ3n) is 1.94. The van der Waals surface area contributed by atoms with Crippen LogP contribution in [0.2, 0.25) is 0 Å². The van der Waals surface area contributed by atoms with E-state index in [0.29, 0.717) is 0 Å². The van der Waals surface area contributed by atoms with Crippen LogP contribution in [-0.4, -0.2) is 16.7 Å². The van der Waals surface area contributed by atoms with Crippen molar-refractivity contribution in [2.75, 3.05) is 0 Å². The fourth-order valence-corrected chi connectivity index (χ4v) is 1.20. The molecule has 0 heterocycles. The lowest BCUT2D eigenvalue weighted by atomic mass is 9.75. The lowest BCUT2D eigenvalue weighted by Crippen LogP contribution is -2.50. The van der Waals surface area contributed by atoms with Gasteiger partial charge in [-0.2, -0.15) is 0 Å². The Labute approximate surface area is 61.8 Å². The van der Waals surface area contributed by atoms with E-state index in [4.69, 9.17) is 5.73 Å². The van der Waals surface area contributed by atoms with Gasteiger partial charge in [0.05, 0.1) is 5.60 Å². The van der Waals surface area contributed by atoms with Crippen LogP contribution in [0.5, 0.6) is 0 Å². The molecule has 0 aromatic rings. The molecule has 1 saturated carbocycles. The van der Waals surface area contributed by atoms with Crippen molar-refractivity contribution in [1.29, 1.82) is 0 Å². The maximum absolute atomic E-state index is 9.31. The molecule has 0 amide bonds. The molecule has 0 radical (unpaired) electrons. The molecule has 0 bridgehead atoms. The number of halogens is 1. The van der Waals surface area contributed by atoms with E-state index in [-0.39, 0.29) is 24.0 Å². The summed E-state index contributed by atoms with van der Waals surface area (Å²) in [4.78, 5) is 0. The van der Waals surface area contributed by atoms with Gasteiger partial charge in [0, 0.05) is 6.04 Å². The van der Waals surface area contributed by atoms with E-state index in [1.54, 1.807) is 0 Å². The molecule has 0 aromatic heterocycles. The van der Waals surface area contributed by atoms with Crippen LogP contribution in [0, 0.1) is 0 Å². The summed E-state index contributed by atoms with van der Waals surface area (Å²) in [5.41, 5.74) is 5.08. The number of hydrogen-bond acceptors (Lipinski definition) is 2. The lowest BCUT2D eigenvalue weighted by molar-refractivity contribution is -0.0490. The van der Waals surface area contributed by atoms with Crippen molar-refractivity contribution in [2.45, 2.75) is 37.8 Å². The van der Waals surface area contributed by atoms with E-state index in [2.05, 4.69) is 0 Å². The van der Waals surface area contributed by atoms with Crippen molar-refractivity contribution < 1.29 is 5.11 Å². The first kappa shape index (κ1) is 9.21. The van der Waals surface area contributed by atoms with Crippen LogP contribution in [0.4, 0.5) is 0 Å². The van der Waals surface area contributed by atoms with Crippen LogP contribution in [0.25, 0.3) is 0 Å². The third-order valence-corrected chi connectivity index (χ3v) is 1.94. The van der Waals surface area contributed by atoms with E-state index < -0.39 is 0 Å². The van der Waals surface area contributed by atoms with Crippen LogP contribution in [-0.2, 0) is 0 Å².